The highest BCUT2D eigenvalue weighted by atomic mass is 16.2. The Morgan fingerprint density at radius 2 is 2.24 bits per heavy atom. The van der Waals surface area contributed by atoms with Gasteiger partial charge in [0.1, 0.15) is 12.2 Å². The lowest BCUT2D eigenvalue weighted by Gasteiger charge is -2.28. The van der Waals surface area contributed by atoms with Crippen molar-refractivity contribution >= 4 is 5.91 Å². The molecule has 0 radical (unpaired) electrons. The number of aryl methyl sites for hydroxylation is 1. The summed E-state index contributed by atoms with van der Waals surface area (Å²) in [5, 5.41) is 4.19. The van der Waals surface area contributed by atoms with Crippen LogP contribution in [0, 0.1) is 5.92 Å². The van der Waals surface area contributed by atoms with Crippen molar-refractivity contribution in [3.8, 4) is 0 Å². The van der Waals surface area contributed by atoms with Crippen LogP contribution in [0.15, 0.2) is 30.9 Å². The topological polar surface area (TPSA) is 63.9 Å². The molecule has 2 aromatic heterocycles. The van der Waals surface area contributed by atoms with E-state index in [0.717, 1.165) is 24.2 Å². The lowest BCUT2D eigenvalue weighted by molar-refractivity contribution is -0.137. The van der Waals surface area contributed by atoms with Crippen molar-refractivity contribution in [1.82, 2.24) is 24.6 Å². The predicted molar refractivity (Wildman–Crippen MR) is 77.2 cm³/mol. The largest absolute Gasteiger partial charge is 0.338 e. The molecule has 3 heterocycles. The zero-order valence-electron chi connectivity index (χ0n) is 12.1. The molecule has 0 saturated carbocycles. The Balaban J connectivity index is 1.68. The second-order valence-electron chi connectivity index (χ2n) is 5.30. The average molecular weight is 285 g/mol. The quantitative estimate of drug-likeness (QED) is 0.849. The molecule has 2 aromatic rings. The van der Waals surface area contributed by atoms with Crippen molar-refractivity contribution in [1.29, 1.82) is 0 Å². The highest BCUT2D eigenvalue weighted by Gasteiger charge is 2.28. The summed E-state index contributed by atoms with van der Waals surface area (Å²) in [5.74, 6) is 1.19. The zero-order valence-corrected chi connectivity index (χ0v) is 12.1. The molecule has 0 saturated heterocycles. The minimum Gasteiger partial charge on any atom is -0.338 e. The molecule has 1 unspecified atom stereocenters. The van der Waals surface area contributed by atoms with Gasteiger partial charge in [0, 0.05) is 31.9 Å². The van der Waals surface area contributed by atoms with Crippen molar-refractivity contribution in [2.75, 3.05) is 6.54 Å². The van der Waals surface area contributed by atoms with E-state index in [1.165, 1.54) is 0 Å². The van der Waals surface area contributed by atoms with Crippen LogP contribution in [0.4, 0.5) is 0 Å². The van der Waals surface area contributed by atoms with Crippen molar-refractivity contribution in [3.05, 3.63) is 42.2 Å². The maximum Gasteiger partial charge on any atom is 0.227 e. The first-order valence-corrected chi connectivity index (χ1v) is 7.32. The summed E-state index contributed by atoms with van der Waals surface area (Å²) in [4.78, 5) is 22.8. The Morgan fingerprint density at radius 1 is 1.43 bits per heavy atom. The van der Waals surface area contributed by atoms with E-state index in [-0.39, 0.29) is 11.8 Å². The van der Waals surface area contributed by atoms with Gasteiger partial charge in [-0.15, -0.1) is 0 Å². The number of rotatable bonds is 4. The van der Waals surface area contributed by atoms with E-state index < -0.39 is 0 Å². The normalized spacial score (nSPS) is 17.3. The monoisotopic (exact) mass is 285 g/mol. The van der Waals surface area contributed by atoms with Gasteiger partial charge < -0.3 is 4.90 Å². The Morgan fingerprint density at radius 3 is 3.00 bits per heavy atom. The van der Waals surface area contributed by atoms with Gasteiger partial charge in [0.05, 0.1) is 12.5 Å². The van der Waals surface area contributed by atoms with Gasteiger partial charge in [-0.3, -0.25) is 9.78 Å². The predicted octanol–water partition coefficient (Wildman–Crippen LogP) is 1.28. The molecule has 0 spiro atoms. The molecule has 6 heteroatoms. The first-order valence-electron chi connectivity index (χ1n) is 7.32. The number of fused-ring (bicyclic) bond motifs is 1. The minimum atomic E-state index is 0.000914. The highest BCUT2D eigenvalue weighted by molar-refractivity contribution is 5.78. The molecule has 0 fully saturated rings. The summed E-state index contributed by atoms with van der Waals surface area (Å²) < 4.78 is 1.85. The average Bonchev–Trinajstić information content (AvgIpc) is 3.00. The third-order valence-electron chi connectivity index (χ3n) is 3.97. The number of hydrogen-bond donors (Lipinski definition) is 0. The molecule has 1 aliphatic heterocycles. The number of hydrogen-bond acceptors (Lipinski definition) is 4. The van der Waals surface area contributed by atoms with Crippen LogP contribution < -0.4 is 0 Å². The van der Waals surface area contributed by atoms with Gasteiger partial charge in [0.25, 0.3) is 0 Å². The van der Waals surface area contributed by atoms with Gasteiger partial charge >= 0.3 is 0 Å². The molecular formula is C15H19N5O. The smallest absolute Gasteiger partial charge is 0.227 e. The van der Waals surface area contributed by atoms with Gasteiger partial charge in [-0.25, -0.2) is 9.67 Å². The molecule has 21 heavy (non-hydrogen) atoms. The zero-order chi connectivity index (χ0) is 14.7. The molecule has 0 N–H and O–H groups in total. The number of amides is 1. The number of pyridine rings is 1. The first-order chi connectivity index (χ1) is 10.3. The van der Waals surface area contributed by atoms with Crippen LogP contribution in [-0.4, -0.2) is 37.1 Å². The summed E-state index contributed by atoms with van der Waals surface area (Å²) in [6.07, 6.45) is 6.76. The number of nitrogens with zero attached hydrogens (tertiary/aromatic N) is 5. The summed E-state index contributed by atoms with van der Waals surface area (Å²) in [7, 11) is 0. The summed E-state index contributed by atoms with van der Waals surface area (Å²) in [5.41, 5.74) is 1.11. The molecule has 6 nitrogen and oxygen atoms in total. The van der Waals surface area contributed by atoms with Crippen LogP contribution in [0.25, 0.3) is 0 Å². The van der Waals surface area contributed by atoms with Crippen LogP contribution in [0.1, 0.15) is 24.7 Å². The maximum absolute atomic E-state index is 12.7. The van der Waals surface area contributed by atoms with Crippen LogP contribution >= 0.6 is 0 Å². The van der Waals surface area contributed by atoms with Gasteiger partial charge in [-0.1, -0.05) is 0 Å². The summed E-state index contributed by atoms with van der Waals surface area (Å²) in [6.45, 7) is 4.00. The SMILES string of the molecule is CCN(Cc1ccncc1)C(=O)C1CCc2ncnn2C1. The van der Waals surface area contributed by atoms with E-state index in [0.29, 0.717) is 19.6 Å². The number of carbonyl (C=O) groups excluding carboxylic acids is 1. The lowest BCUT2D eigenvalue weighted by atomic mass is 9.98. The fourth-order valence-corrected chi connectivity index (χ4v) is 2.75. The van der Waals surface area contributed by atoms with Gasteiger partial charge in [-0.2, -0.15) is 5.10 Å². The van der Waals surface area contributed by atoms with E-state index in [2.05, 4.69) is 15.1 Å². The molecule has 1 amide bonds. The first kappa shape index (κ1) is 13.7. The molecule has 0 bridgehead atoms. The summed E-state index contributed by atoms with van der Waals surface area (Å²) >= 11 is 0. The second kappa shape index (κ2) is 6.03. The van der Waals surface area contributed by atoms with E-state index in [1.807, 2.05) is 28.6 Å². The van der Waals surface area contributed by atoms with Crippen molar-refractivity contribution < 1.29 is 4.79 Å². The van der Waals surface area contributed by atoms with Crippen molar-refractivity contribution in [3.63, 3.8) is 0 Å². The molecule has 0 aromatic carbocycles. The molecule has 0 aliphatic carbocycles. The third-order valence-corrected chi connectivity index (χ3v) is 3.97. The third kappa shape index (κ3) is 2.94. The van der Waals surface area contributed by atoms with E-state index in [4.69, 9.17) is 0 Å². The highest BCUT2D eigenvalue weighted by Crippen LogP contribution is 2.20. The number of carbonyl (C=O) groups is 1. The Bertz CT molecular complexity index is 610. The standard InChI is InChI=1S/C15H19N5O/c1-2-19(9-12-5-7-16-8-6-12)15(21)13-3-4-14-17-11-18-20(14)10-13/h5-8,11,13H,2-4,9-10H2,1H3. The van der Waals surface area contributed by atoms with Crippen LogP contribution in [0.3, 0.4) is 0 Å². The van der Waals surface area contributed by atoms with E-state index in [1.54, 1.807) is 18.7 Å². The van der Waals surface area contributed by atoms with Gasteiger partial charge in [-0.05, 0) is 31.0 Å². The lowest BCUT2D eigenvalue weighted by Crippen LogP contribution is -2.39. The van der Waals surface area contributed by atoms with Gasteiger partial charge in [0.2, 0.25) is 5.91 Å². The van der Waals surface area contributed by atoms with E-state index >= 15 is 0 Å². The fourth-order valence-electron chi connectivity index (χ4n) is 2.75. The van der Waals surface area contributed by atoms with Crippen LogP contribution in [0.5, 0.6) is 0 Å². The molecular weight excluding hydrogens is 266 g/mol. The molecule has 110 valence electrons. The summed E-state index contributed by atoms with van der Waals surface area (Å²) in [6, 6.07) is 3.90. The fraction of sp³-hybridized carbons (Fsp3) is 0.467. The van der Waals surface area contributed by atoms with E-state index in [9.17, 15) is 4.79 Å². The molecule has 3 rings (SSSR count). The molecule has 1 atom stereocenters. The van der Waals surface area contributed by atoms with Crippen LogP contribution in [0.2, 0.25) is 0 Å². The maximum atomic E-state index is 12.7. The Kier molecular flexibility index (Phi) is 3.94. The van der Waals surface area contributed by atoms with Gasteiger partial charge in [0.15, 0.2) is 0 Å². The van der Waals surface area contributed by atoms with Crippen molar-refractivity contribution in [2.24, 2.45) is 5.92 Å². The Labute approximate surface area is 123 Å². The molecule has 1 aliphatic rings. The Hall–Kier alpha value is -2.24. The minimum absolute atomic E-state index is 0.000914. The number of aromatic nitrogens is 4. The van der Waals surface area contributed by atoms with Crippen molar-refractivity contribution in [2.45, 2.75) is 32.9 Å². The second-order valence-corrected chi connectivity index (χ2v) is 5.30. The van der Waals surface area contributed by atoms with Crippen LogP contribution in [-0.2, 0) is 24.3 Å².